The Bertz CT molecular complexity index is 3510. The lowest BCUT2D eigenvalue weighted by Gasteiger charge is -2.26. The minimum absolute atomic E-state index is 0.911. The first-order valence-corrected chi connectivity index (χ1v) is 21.9. The molecule has 0 fully saturated rings. The van der Waals surface area contributed by atoms with Gasteiger partial charge in [0.25, 0.3) is 0 Å². The van der Waals surface area contributed by atoms with Crippen molar-refractivity contribution in [3.8, 4) is 55.6 Å². The van der Waals surface area contributed by atoms with Gasteiger partial charge in [-0.15, -0.1) is 0 Å². The highest BCUT2D eigenvalue weighted by Gasteiger charge is 2.21. The molecule has 0 N–H and O–H groups in total. The van der Waals surface area contributed by atoms with Crippen LogP contribution in [0.3, 0.4) is 0 Å². The lowest BCUT2D eigenvalue weighted by Crippen LogP contribution is -2.09. The SMILES string of the molecule is c1ccc(-c2ccc(N(c3ccc(-c4ccccc4)cc3)c3ccc(-c4ccc(-c5ccc6c(oc7c8ccccc8c8ccccc8c67)c5-c5ccccc5)cc4)cc3)cc2)cc1. The Morgan fingerprint density at radius 2 is 0.594 bits per heavy atom. The van der Waals surface area contributed by atoms with Gasteiger partial charge in [-0.3, -0.25) is 0 Å². The fourth-order valence-corrected chi connectivity index (χ4v) is 9.56. The van der Waals surface area contributed by atoms with Crippen LogP contribution in [0.15, 0.2) is 253 Å². The lowest BCUT2D eigenvalue weighted by molar-refractivity contribution is 0.674. The van der Waals surface area contributed by atoms with E-state index in [9.17, 15) is 0 Å². The average molecular weight is 816 g/mol. The van der Waals surface area contributed by atoms with E-state index in [-0.39, 0.29) is 0 Å². The Balaban J connectivity index is 0.916. The van der Waals surface area contributed by atoms with Crippen LogP contribution >= 0.6 is 0 Å². The molecule has 0 saturated heterocycles. The molecule has 0 spiro atoms. The van der Waals surface area contributed by atoms with Crippen molar-refractivity contribution in [2.24, 2.45) is 0 Å². The molecule has 0 amide bonds. The first-order chi connectivity index (χ1) is 31.7. The molecule has 64 heavy (non-hydrogen) atoms. The monoisotopic (exact) mass is 815 g/mol. The van der Waals surface area contributed by atoms with E-state index in [4.69, 9.17) is 4.42 Å². The van der Waals surface area contributed by atoms with Crippen molar-refractivity contribution in [3.05, 3.63) is 249 Å². The minimum atomic E-state index is 0.911. The molecule has 1 heterocycles. The Morgan fingerprint density at radius 3 is 1.08 bits per heavy atom. The molecule has 0 unspecified atom stereocenters. The Morgan fingerprint density at radius 1 is 0.234 bits per heavy atom. The quantitative estimate of drug-likeness (QED) is 0.142. The van der Waals surface area contributed by atoms with E-state index in [0.717, 1.165) is 72.4 Å². The zero-order valence-electron chi connectivity index (χ0n) is 35.0. The van der Waals surface area contributed by atoms with Crippen LogP contribution < -0.4 is 4.90 Å². The fourth-order valence-electron chi connectivity index (χ4n) is 9.56. The van der Waals surface area contributed by atoms with Crippen molar-refractivity contribution in [1.29, 1.82) is 0 Å². The average Bonchev–Trinajstić information content (AvgIpc) is 3.78. The van der Waals surface area contributed by atoms with E-state index in [0.29, 0.717) is 0 Å². The molecule has 1 aromatic heterocycles. The number of rotatable bonds is 8. The molecule has 0 aliphatic heterocycles. The highest BCUT2D eigenvalue weighted by atomic mass is 16.3. The molecular formula is C62H41NO. The number of benzene rings is 11. The predicted molar refractivity (Wildman–Crippen MR) is 271 cm³/mol. The van der Waals surface area contributed by atoms with Gasteiger partial charge < -0.3 is 9.32 Å². The van der Waals surface area contributed by atoms with Crippen molar-refractivity contribution in [2.45, 2.75) is 0 Å². The maximum absolute atomic E-state index is 7.06. The summed E-state index contributed by atoms with van der Waals surface area (Å²) >= 11 is 0. The molecule has 12 aromatic rings. The zero-order valence-corrected chi connectivity index (χ0v) is 35.0. The van der Waals surface area contributed by atoms with Crippen LogP contribution in [0.2, 0.25) is 0 Å². The van der Waals surface area contributed by atoms with Gasteiger partial charge in [-0.1, -0.05) is 206 Å². The van der Waals surface area contributed by atoms with Gasteiger partial charge in [-0.05, 0) is 109 Å². The number of furan rings is 1. The standard InChI is InChI=1S/C62H41NO/c1-4-14-42(15-5-1)45-28-34-50(35-29-45)63(51-36-30-46(31-37-51)43-16-6-2-7-17-43)52-38-32-47(33-39-52)44-24-26-48(27-25-44)53-40-41-58-60-56-22-12-10-20-54(56)55-21-11-13-23-57(55)61(60)64-62(58)59(53)49-18-8-3-9-19-49/h1-41H. The smallest absolute Gasteiger partial charge is 0.143 e. The van der Waals surface area contributed by atoms with E-state index in [1.54, 1.807) is 0 Å². The first-order valence-electron chi connectivity index (χ1n) is 21.9. The minimum Gasteiger partial charge on any atom is -0.455 e. The van der Waals surface area contributed by atoms with Gasteiger partial charge in [0.05, 0.1) is 0 Å². The predicted octanol–water partition coefficient (Wildman–Crippen LogP) is 17.7. The molecular weight excluding hydrogens is 775 g/mol. The summed E-state index contributed by atoms with van der Waals surface area (Å²) in [6.07, 6.45) is 0. The Kier molecular flexibility index (Phi) is 9.20. The van der Waals surface area contributed by atoms with Gasteiger partial charge in [0.2, 0.25) is 0 Å². The van der Waals surface area contributed by atoms with Crippen LogP contribution in [0.4, 0.5) is 17.1 Å². The second-order valence-corrected chi connectivity index (χ2v) is 16.4. The lowest BCUT2D eigenvalue weighted by atomic mass is 9.90. The number of hydrogen-bond acceptors (Lipinski definition) is 2. The summed E-state index contributed by atoms with van der Waals surface area (Å²) in [5.41, 5.74) is 16.8. The number of anilines is 3. The van der Waals surface area contributed by atoms with Gasteiger partial charge in [0.15, 0.2) is 0 Å². The molecule has 0 aliphatic carbocycles. The molecule has 11 aromatic carbocycles. The van der Waals surface area contributed by atoms with Crippen LogP contribution in [0.5, 0.6) is 0 Å². The van der Waals surface area contributed by atoms with E-state index < -0.39 is 0 Å². The number of hydrogen-bond donors (Lipinski definition) is 0. The molecule has 2 heteroatoms. The second-order valence-electron chi connectivity index (χ2n) is 16.4. The highest BCUT2D eigenvalue weighted by molar-refractivity contribution is 6.31. The topological polar surface area (TPSA) is 16.4 Å². The third-order valence-electron chi connectivity index (χ3n) is 12.7. The zero-order chi connectivity index (χ0) is 42.4. The van der Waals surface area contributed by atoms with E-state index >= 15 is 0 Å². The maximum atomic E-state index is 7.06. The Hall–Kier alpha value is -8.46. The molecule has 0 radical (unpaired) electrons. The highest BCUT2D eigenvalue weighted by Crippen LogP contribution is 2.47. The fraction of sp³-hybridized carbons (Fsp3) is 0. The maximum Gasteiger partial charge on any atom is 0.143 e. The summed E-state index contributed by atoms with van der Waals surface area (Å²) in [4.78, 5) is 2.33. The van der Waals surface area contributed by atoms with Crippen LogP contribution in [-0.2, 0) is 0 Å². The molecule has 0 atom stereocenters. The largest absolute Gasteiger partial charge is 0.455 e. The summed E-state index contributed by atoms with van der Waals surface area (Å²) in [5, 5.41) is 7.08. The van der Waals surface area contributed by atoms with Crippen molar-refractivity contribution >= 4 is 60.5 Å². The first kappa shape index (κ1) is 37.3. The molecule has 0 saturated carbocycles. The number of nitrogens with zero attached hydrogens (tertiary/aromatic N) is 1. The molecule has 2 nitrogen and oxygen atoms in total. The van der Waals surface area contributed by atoms with Crippen molar-refractivity contribution in [2.75, 3.05) is 4.90 Å². The van der Waals surface area contributed by atoms with Gasteiger partial charge >= 0.3 is 0 Å². The van der Waals surface area contributed by atoms with Crippen molar-refractivity contribution < 1.29 is 4.42 Å². The summed E-state index contributed by atoms with van der Waals surface area (Å²) < 4.78 is 7.06. The number of fused-ring (bicyclic) bond motifs is 8. The van der Waals surface area contributed by atoms with Crippen LogP contribution in [0.1, 0.15) is 0 Å². The van der Waals surface area contributed by atoms with Crippen molar-refractivity contribution in [3.63, 3.8) is 0 Å². The van der Waals surface area contributed by atoms with E-state index in [1.807, 2.05) is 0 Å². The van der Waals surface area contributed by atoms with Gasteiger partial charge in [-0.25, -0.2) is 0 Å². The summed E-state index contributed by atoms with van der Waals surface area (Å²) in [6, 6.07) is 89.3. The van der Waals surface area contributed by atoms with Crippen LogP contribution in [0, 0.1) is 0 Å². The molecule has 300 valence electrons. The molecule has 12 rings (SSSR count). The Labute approximate surface area is 372 Å². The summed E-state index contributed by atoms with van der Waals surface area (Å²) in [7, 11) is 0. The van der Waals surface area contributed by atoms with Gasteiger partial charge in [0.1, 0.15) is 11.2 Å². The van der Waals surface area contributed by atoms with Gasteiger partial charge in [0, 0.05) is 38.8 Å². The van der Waals surface area contributed by atoms with E-state index in [2.05, 4.69) is 254 Å². The van der Waals surface area contributed by atoms with Crippen molar-refractivity contribution in [1.82, 2.24) is 0 Å². The molecule has 0 aliphatic rings. The van der Waals surface area contributed by atoms with Crippen LogP contribution in [-0.4, -0.2) is 0 Å². The third-order valence-corrected chi connectivity index (χ3v) is 12.7. The summed E-state index contributed by atoms with van der Waals surface area (Å²) in [5.74, 6) is 0. The van der Waals surface area contributed by atoms with Crippen LogP contribution in [0.25, 0.3) is 99.1 Å². The van der Waals surface area contributed by atoms with Gasteiger partial charge in [-0.2, -0.15) is 0 Å². The normalized spacial score (nSPS) is 11.4. The van der Waals surface area contributed by atoms with E-state index in [1.165, 1.54) is 43.8 Å². The second kappa shape index (κ2) is 15.8. The third kappa shape index (κ3) is 6.52. The molecule has 0 bridgehead atoms. The summed E-state index contributed by atoms with van der Waals surface area (Å²) in [6.45, 7) is 0.